The zero-order chi connectivity index (χ0) is 20.1. The van der Waals surface area contributed by atoms with Crippen molar-refractivity contribution in [1.82, 2.24) is 19.4 Å². The van der Waals surface area contributed by atoms with Crippen molar-refractivity contribution < 1.29 is 14.9 Å². The van der Waals surface area contributed by atoms with E-state index in [0.29, 0.717) is 6.42 Å². The monoisotopic (exact) mass is 394 g/mol. The molecule has 1 unspecified atom stereocenters. The van der Waals surface area contributed by atoms with Crippen LogP contribution in [0, 0.1) is 6.92 Å². The Bertz CT molecular complexity index is 1050. The van der Waals surface area contributed by atoms with Gasteiger partial charge in [0.05, 0.1) is 11.7 Å². The van der Waals surface area contributed by atoms with Gasteiger partial charge in [-0.05, 0) is 43.7 Å². The summed E-state index contributed by atoms with van der Waals surface area (Å²) < 4.78 is 8.22. The van der Waals surface area contributed by atoms with Crippen molar-refractivity contribution in [2.45, 2.75) is 50.7 Å². The van der Waals surface area contributed by atoms with Crippen LogP contribution < -0.4 is 4.74 Å². The van der Waals surface area contributed by atoms with Crippen molar-refractivity contribution in [2.24, 2.45) is 0 Å². The molecule has 0 spiro atoms. The summed E-state index contributed by atoms with van der Waals surface area (Å²) in [6.07, 6.45) is 2.54. The molecule has 3 aromatic rings. The number of aryl methyl sites for hydroxylation is 1. The van der Waals surface area contributed by atoms with Crippen LogP contribution in [0.4, 0.5) is 0 Å². The number of hydrogen-bond donors (Lipinski definition) is 2. The van der Waals surface area contributed by atoms with Crippen LogP contribution in [0.2, 0.25) is 0 Å². The van der Waals surface area contributed by atoms with Gasteiger partial charge in [-0.3, -0.25) is 0 Å². The van der Waals surface area contributed by atoms with Gasteiger partial charge in [0.25, 0.3) is 0 Å². The van der Waals surface area contributed by atoms with Crippen LogP contribution in [-0.2, 0) is 13.0 Å². The number of ether oxygens (including phenoxy) is 1. The number of rotatable bonds is 3. The zero-order valence-electron chi connectivity index (χ0n) is 16.7. The molecule has 1 aromatic carbocycles. The second kappa shape index (κ2) is 7.09. The molecule has 1 fully saturated rings. The molecule has 7 nitrogen and oxygen atoms in total. The van der Waals surface area contributed by atoms with Crippen molar-refractivity contribution in [3.63, 3.8) is 0 Å². The zero-order valence-corrected chi connectivity index (χ0v) is 16.7. The van der Waals surface area contributed by atoms with Crippen LogP contribution in [0.3, 0.4) is 0 Å². The van der Waals surface area contributed by atoms with E-state index >= 15 is 0 Å². The average molecular weight is 394 g/mol. The Morgan fingerprint density at radius 3 is 2.86 bits per heavy atom. The fourth-order valence-electron chi connectivity index (χ4n) is 4.71. The topological polar surface area (TPSA) is 83.6 Å². The van der Waals surface area contributed by atoms with Gasteiger partial charge in [-0.1, -0.05) is 12.1 Å². The smallest absolute Gasteiger partial charge is 0.143 e. The highest BCUT2D eigenvalue weighted by Gasteiger charge is 2.44. The lowest BCUT2D eigenvalue weighted by Crippen LogP contribution is -2.34. The van der Waals surface area contributed by atoms with E-state index in [0.717, 1.165) is 42.0 Å². The summed E-state index contributed by atoms with van der Waals surface area (Å²) in [4.78, 5) is 10.9. The van der Waals surface area contributed by atoms with Crippen molar-refractivity contribution in [3.05, 3.63) is 53.6 Å². The summed E-state index contributed by atoms with van der Waals surface area (Å²) in [7, 11) is 2.12. The number of nitrogens with zero attached hydrogens (tertiary/aromatic N) is 4. The van der Waals surface area contributed by atoms with Crippen molar-refractivity contribution in [3.8, 4) is 5.75 Å². The summed E-state index contributed by atoms with van der Waals surface area (Å²) in [5, 5.41) is 22.5. The van der Waals surface area contributed by atoms with Crippen molar-refractivity contribution in [1.29, 1.82) is 0 Å². The Kier molecular flexibility index (Phi) is 4.53. The summed E-state index contributed by atoms with van der Waals surface area (Å²) in [5.41, 5.74) is 4.15. The highest BCUT2D eigenvalue weighted by Crippen LogP contribution is 2.37. The molecule has 0 saturated heterocycles. The predicted molar refractivity (Wildman–Crippen MR) is 109 cm³/mol. The third-order valence-electron chi connectivity index (χ3n) is 6.36. The molecule has 1 aliphatic heterocycles. The Hall–Kier alpha value is -2.48. The van der Waals surface area contributed by atoms with Crippen molar-refractivity contribution >= 4 is 11.0 Å². The first-order chi connectivity index (χ1) is 14.0. The minimum Gasteiger partial charge on any atom is -0.487 e. The van der Waals surface area contributed by atoms with Gasteiger partial charge in [-0.2, -0.15) is 0 Å². The Morgan fingerprint density at radius 2 is 2.00 bits per heavy atom. The highest BCUT2D eigenvalue weighted by atomic mass is 16.5. The SMILES string of the molecule is Cc1ncnc2c1ccn2C1C[C@H](Oc2cccc3c2CCN(C)C3)[C@@H](O)[C@H]1O. The van der Waals surface area contributed by atoms with Gasteiger partial charge in [0, 0.05) is 31.1 Å². The second-order valence-corrected chi connectivity index (χ2v) is 8.24. The largest absolute Gasteiger partial charge is 0.487 e. The number of likely N-dealkylation sites (N-methyl/N-ethyl adjacent to an activating group) is 1. The third kappa shape index (κ3) is 3.10. The molecule has 7 heteroatoms. The molecule has 1 saturated carbocycles. The molecule has 4 atom stereocenters. The van der Waals surface area contributed by atoms with Crippen LogP contribution in [0.5, 0.6) is 5.75 Å². The van der Waals surface area contributed by atoms with E-state index in [9.17, 15) is 10.2 Å². The quantitative estimate of drug-likeness (QED) is 0.705. The van der Waals surface area contributed by atoms with Gasteiger partial charge in [-0.15, -0.1) is 0 Å². The minimum absolute atomic E-state index is 0.299. The van der Waals surface area contributed by atoms with E-state index in [4.69, 9.17) is 4.74 Å². The third-order valence-corrected chi connectivity index (χ3v) is 6.36. The molecule has 152 valence electrons. The summed E-state index contributed by atoms with van der Waals surface area (Å²) in [6, 6.07) is 7.77. The molecule has 2 N–H and O–H groups in total. The summed E-state index contributed by atoms with van der Waals surface area (Å²) in [6.45, 7) is 3.83. The standard InChI is InChI=1S/C22H26N4O3/c1-13-15-7-9-26(22(15)24-12-23-13)17-10-19(21(28)20(17)27)29-18-5-3-4-14-11-25(2)8-6-16(14)18/h3-5,7,9,12,17,19-21,27-28H,6,8,10-11H2,1-2H3/t17?,19-,20-,21+/m0/s1. The fraction of sp³-hybridized carbons (Fsp3) is 0.455. The Morgan fingerprint density at radius 1 is 1.14 bits per heavy atom. The molecule has 5 rings (SSSR count). The number of aliphatic hydroxyl groups excluding tert-OH is 2. The minimum atomic E-state index is -0.956. The maximum absolute atomic E-state index is 10.8. The Labute approximate surface area is 169 Å². The number of hydrogen-bond acceptors (Lipinski definition) is 6. The molecule has 0 amide bonds. The van der Waals surface area contributed by atoms with Gasteiger partial charge >= 0.3 is 0 Å². The normalized spacial score (nSPS) is 27.3. The molecule has 1 aliphatic carbocycles. The van der Waals surface area contributed by atoms with Crippen LogP contribution in [0.1, 0.15) is 29.3 Å². The lowest BCUT2D eigenvalue weighted by Gasteiger charge is -2.28. The first kappa shape index (κ1) is 18.5. The van der Waals surface area contributed by atoms with E-state index in [1.165, 1.54) is 17.5 Å². The van der Waals surface area contributed by atoms with Crippen molar-refractivity contribution in [2.75, 3.05) is 13.6 Å². The number of aliphatic hydroxyl groups is 2. The average Bonchev–Trinajstić information content (AvgIpc) is 3.25. The van der Waals surface area contributed by atoms with E-state index in [2.05, 4.69) is 28.0 Å². The molecule has 0 bridgehead atoms. The molecule has 3 heterocycles. The molecular weight excluding hydrogens is 368 g/mol. The molecule has 2 aromatic heterocycles. The van der Waals surface area contributed by atoms with Crippen LogP contribution in [-0.4, -0.2) is 61.6 Å². The van der Waals surface area contributed by atoms with E-state index < -0.39 is 18.3 Å². The maximum Gasteiger partial charge on any atom is 0.143 e. The predicted octanol–water partition coefficient (Wildman–Crippen LogP) is 1.84. The first-order valence-corrected chi connectivity index (χ1v) is 10.1. The van der Waals surface area contributed by atoms with Crippen LogP contribution in [0.15, 0.2) is 36.8 Å². The Balaban J connectivity index is 1.42. The van der Waals surface area contributed by atoms with Gasteiger partial charge in [0.15, 0.2) is 0 Å². The van der Waals surface area contributed by atoms with Gasteiger partial charge in [0.2, 0.25) is 0 Å². The molecule has 2 aliphatic rings. The summed E-state index contributed by atoms with van der Waals surface area (Å²) in [5.74, 6) is 0.822. The number of fused-ring (bicyclic) bond motifs is 2. The number of benzene rings is 1. The van der Waals surface area contributed by atoms with E-state index in [-0.39, 0.29) is 6.04 Å². The fourth-order valence-corrected chi connectivity index (χ4v) is 4.71. The highest BCUT2D eigenvalue weighted by molar-refractivity contribution is 5.78. The van der Waals surface area contributed by atoms with E-state index in [1.54, 1.807) is 0 Å². The van der Waals surface area contributed by atoms with Crippen LogP contribution in [0.25, 0.3) is 11.0 Å². The lowest BCUT2D eigenvalue weighted by molar-refractivity contribution is -0.0166. The summed E-state index contributed by atoms with van der Waals surface area (Å²) >= 11 is 0. The molecule has 0 radical (unpaired) electrons. The second-order valence-electron chi connectivity index (χ2n) is 8.24. The van der Waals surface area contributed by atoms with Gasteiger partial charge in [0.1, 0.15) is 36.0 Å². The lowest BCUT2D eigenvalue weighted by atomic mass is 9.99. The molecule has 29 heavy (non-hydrogen) atoms. The van der Waals surface area contributed by atoms with Crippen LogP contribution >= 0.6 is 0 Å². The maximum atomic E-state index is 10.8. The number of aromatic nitrogens is 3. The van der Waals surface area contributed by atoms with Gasteiger partial charge in [-0.25, -0.2) is 9.97 Å². The molecular formula is C22H26N4O3. The van der Waals surface area contributed by atoms with E-state index in [1.807, 2.05) is 35.9 Å². The first-order valence-electron chi connectivity index (χ1n) is 10.1. The van der Waals surface area contributed by atoms with Gasteiger partial charge < -0.3 is 24.4 Å².